The van der Waals surface area contributed by atoms with Gasteiger partial charge in [-0.1, -0.05) is 12.1 Å². The Hall–Kier alpha value is -2.18. The van der Waals surface area contributed by atoms with Crippen molar-refractivity contribution in [1.29, 1.82) is 0 Å². The number of nitrogens with zero attached hydrogens (tertiary/aromatic N) is 2. The molecule has 3 rings (SSSR count). The molecular formula is C18H22FN3O2. The van der Waals surface area contributed by atoms with Gasteiger partial charge in [0.15, 0.2) is 11.6 Å². The van der Waals surface area contributed by atoms with Crippen LogP contribution in [-0.2, 0) is 11.3 Å². The first kappa shape index (κ1) is 16.7. The lowest BCUT2D eigenvalue weighted by Gasteiger charge is -2.33. The number of rotatable bonds is 4. The Morgan fingerprint density at radius 2 is 2.25 bits per heavy atom. The number of ether oxygens (including phenoxy) is 2. The van der Waals surface area contributed by atoms with Crippen LogP contribution in [0.2, 0.25) is 0 Å². The number of hydrogen-bond donors (Lipinski definition) is 1. The number of anilines is 1. The van der Waals surface area contributed by atoms with Crippen LogP contribution in [0.25, 0.3) is 0 Å². The minimum Gasteiger partial charge on any atom is -0.494 e. The molecule has 6 heteroatoms. The van der Waals surface area contributed by atoms with Crippen LogP contribution in [0.1, 0.15) is 23.1 Å². The van der Waals surface area contributed by atoms with E-state index < -0.39 is 0 Å². The molecule has 1 atom stereocenters. The van der Waals surface area contributed by atoms with Crippen LogP contribution in [0.4, 0.5) is 10.1 Å². The molecule has 0 amide bonds. The normalized spacial score (nSPS) is 18.5. The van der Waals surface area contributed by atoms with Crippen molar-refractivity contribution in [2.45, 2.75) is 19.6 Å². The zero-order valence-electron chi connectivity index (χ0n) is 14.0. The minimum absolute atomic E-state index is 0.158. The summed E-state index contributed by atoms with van der Waals surface area (Å²) in [6.07, 6.45) is -0.158. The fourth-order valence-corrected chi connectivity index (χ4v) is 2.99. The summed E-state index contributed by atoms with van der Waals surface area (Å²) in [5.74, 6) is -0.0357. The largest absolute Gasteiger partial charge is 0.494 e. The molecule has 128 valence electrons. The van der Waals surface area contributed by atoms with E-state index in [1.54, 1.807) is 18.2 Å². The maximum Gasteiger partial charge on any atom is 0.169 e. The fourth-order valence-electron chi connectivity index (χ4n) is 2.99. The van der Waals surface area contributed by atoms with Crippen LogP contribution in [0.15, 0.2) is 30.3 Å². The molecule has 1 aliphatic heterocycles. The van der Waals surface area contributed by atoms with E-state index in [0.29, 0.717) is 30.9 Å². The molecule has 1 fully saturated rings. The Morgan fingerprint density at radius 3 is 3.00 bits per heavy atom. The van der Waals surface area contributed by atoms with Crippen molar-refractivity contribution in [2.75, 3.05) is 32.5 Å². The summed E-state index contributed by atoms with van der Waals surface area (Å²) in [5.41, 5.74) is 8.89. The second-order valence-corrected chi connectivity index (χ2v) is 5.99. The number of halogens is 1. The van der Waals surface area contributed by atoms with Gasteiger partial charge < -0.3 is 15.2 Å². The van der Waals surface area contributed by atoms with Crippen molar-refractivity contribution >= 4 is 5.69 Å². The summed E-state index contributed by atoms with van der Waals surface area (Å²) < 4.78 is 25.2. The molecule has 2 heterocycles. The van der Waals surface area contributed by atoms with Crippen molar-refractivity contribution < 1.29 is 13.9 Å². The van der Waals surface area contributed by atoms with Gasteiger partial charge >= 0.3 is 0 Å². The summed E-state index contributed by atoms with van der Waals surface area (Å²) in [6, 6.07) is 8.88. The van der Waals surface area contributed by atoms with E-state index >= 15 is 0 Å². The third kappa shape index (κ3) is 3.66. The topological polar surface area (TPSA) is 60.6 Å². The number of hydrogen-bond acceptors (Lipinski definition) is 5. The lowest BCUT2D eigenvalue weighted by molar-refractivity contribution is -0.0353. The minimum atomic E-state index is -0.305. The molecule has 0 aliphatic carbocycles. The lowest BCUT2D eigenvalue weighted by Crippen LogP contribution is -2.38. The molecule has 1 aromatic carbocycles. The van der Waals surface area contributed by atoms with Crippen molar-refractivity contribution in [3.05, 3.63) is 53.1 Å². The number of morpholine rings is 1. The lowest BCUT2D eigenvalue weighted by atomic mass is 10.1. The smallest absolute Gasteiger partial charge is 0.169 e. The van der Waals surface area contributed by atoms with Crippen LogP contribution < -0.4 is 10.5 Å². The van der Waals surface area contributed by atoms with Gasteiger partial charge in [-0.25, -0.2) is 4.39 Å². The van der Waals surface area contributed by atoms with Crippen LogP contribution in [-0.4, -0.2) is 36.7 Å². The first-order chi connectivity index (χ1) is 11.6. The standard InChI is InChI=1S/C18H22FN3O2/c1-12-8-14(20)9-15(21-12)17-11-22(6-7-24-17)10-13-4-3-5-16(23-2)18(13)19/h3-5,8-9,17H,6-7,10-11H2,1-2H3,(H2,20,21)/t17-/m1/s1. The highest BCUT2D eigenvalue weighted by atomic mass is 19.1. The molecule has 1 aromatic heterocycles. The zero-order valence-corrected chi connectivity index (χ0v) is 14.0. The van der Waals surface area contributed by atoms with E-state index in [1.165, 1.54) is 7.11 Å². The van der Waals surface area contributed by atoms with E-state index in [2.05, 4.69) is 9.88 Å². The average Bonchev–Trinajstić information content (AvgIpc) is 2.56. The highest BCUT2D eigenvalue weighted by Gasteiger charge is 2.24. The molecule has 1 saturated heterocycles. The van der Waals surface area contributed by atoms with Gasteiger partial charge in [-0.05, 0) is 25.1 Å². The third-order valence-corrected chi connectivity index (χ3v) is 4.13. The second kappa shape index (κ2) is 7.15. The van der Waals surface area contributed by atoms with Gasteiger partial charge in [-0.15, -0.1) is 0 Å². The van der Waals surface area contributed by atoms with Crippen LogP contribution in [0.3, 0.4) is 0 Å². The van der Waals surface area contributed by atoms with Crippen molar-refractivity contribution in [3.63, 3.8) is 0 Å². The Labute approximate surface area is 141 Å². The number of nitrogens with two attached hydrogens (primary N) is 1. The molecule has 24 heavy (non-hydrogen) atoms. The van der Waals surface area contributed by atoms with Gasteiger partial charge in [0.2, 0.25) is 0 Å². The van der Waals surface area contributed by atoms with E-state index in [4.69, 9.17) is 15.2 Å². The highest BCUT2D eigenvalue weighted by molar-refractivity contribution is 5.40. The zero-order chi connectivity index (χ0) is 17.1. The van der Waals surface area contributed by atoms with Crippen molar-refractivity contribution in [3.8, 4) is 5.75 Å². The molecule has 0 saturated carbocycles. The Bertz CT molecular complexity index is 703. The van der Waals surface area contributed by atoms with Crippen LogP contribution >= 0.6 is 0 Å². The predicted octanol–water partition coefficient (Wildman–Crippen LogP) is 2.69. The van der Waals surface area contributed by atoms with Crippen molar-refractivity contribution in [2.24, 2.45) is 0 Å². The maximum atomic E-state index is 14.3. The number of benzene rings is 1. The molecule has 2 aromatic rings. The molecule has 1 aliphatic rings. The van der Waals surface area contributed by atoms with Gasteiger partial charge in [0.1, 0.15) is 6.10 Å². The number of nitrogen functional groups attached to an aromatic ring is 1. The Kier molecular flexibility index (Phi) is 4.97. The summed E-state index contributed by atoms with van der Waals surface area (Å²) in [5, 5.41) is 0. The number of aromatic nitrogens is 1. The van der Waals surface area contributed by atoms with E-state index in [-0.39, 0.29) is 17.7 Å². The monoisotopic (exact) mass is 331 g/mol. The fraction of sp³-hybridized carbons (Fsp3) is 0.389. The second-order valence-electron chi connectivity index (χ2n) is 5.99. The first-order valence-electron chi connectivity index (χ1n) is 7.96. The molecular weight excluding hydrogens is 309 g/mol. The van der Waals surface area contributed by atoms with Gasteiger partial charge in [-0.2, -0.15) is 0 Å². The summed E-state index contributed by atoms with van der Waals surface area (Å²) in [4.78, 5) is 6.68. The Balaban J connectivity index is 1.74. The van der Waals surface area contributed by atoms with E-state index in [1.807, 2.05) is 19.1 Å². The number of pyridine rings is 1. The quantitative estimate of drug-likeness (QED) is 0.933. The van der Waals surface area contributed by atoms with Gasteiger partial charge in [0, 0.05) is 36.6 Å². The Morgan fingerprint density at radius 1 is 1.42 bits per heavy atom. The number of aryl methyl sites for hydroxylation is 1. The summed E-state index contributed by atoms with van der Waals surface area (Å²) in [6.45, 7) is 4.38. The molecule has 2 N–H and O–H groups in total. The molecule has 0 radical (unpaired) electrons. The van der Waals surface area contributed by atoms with E-state index in [9.17, 15) is 4.39 Å². The van der Waals surface area contributed by atoms with Crippen LogP contribution in [0, 0.1) is 12.7 Å². The molecule has 0 spiro atoms. The van der Waals surface area contributed by atoms with Gasteiger partial charge in [-0.3, -0.25) is 9.88 Å². The third-order valence-electron chi connectivity index (χ3n) is 4.13. The summed E-state index contributed by atoms with van der Waals surface area (Å²) >= 11 is 0. The maximum absolute atomic E-state index is 14.3. The van der Waals surface area contributed by atoms with Crippen LogP contribution in [0.5, 0.6) is 5.75 Å². The van der Waals surface area contributed by atoms with Gasteiger partial charge in [0.25, 0.3) is 0 Å². The average molecular weight is 331 g/mol. The predicted molar refractivity (Wildman–Crippen MR) is 90.3 cm³/mol. The first-order valence-corrected chi connectivity index (χ1v) is 7.96. The SMILES string of the molecule is COc1cccc(CN2CCO[C@@H](c3cc(N)cc(C)n3)C2)c1F. The molecule has 5 nitrogen and oxygen atoms in total. The molecule has 0 unspecified atom stereocenters. The number of methoxy groups -OCH3 is 1. The van der Waals surface area contributed by atoms with Crippen molar-refractivity contribution in [1.82, 2.24) is 9.88 Å². The van der Waals surface area contributed by atoms with E-state index in [0.717, 1.165) is 17.9 Å². The summed E-state index contributed by atoms with van der Waals surface area (Å²) in [7, 11) is 1.47. The highest BCUT2D eigenvalue weighted by Crippen LogP contribution is 2.26. The molecule has 0 bridgehead atoms. The van der Waals surface area contributed by atoms with Gasteiger partial charge in [0.05, 0.1) is 19.4 Å².